The van der Waals surface area contributed by atoms with Gasteiger partial charge < -0.3 is 14.4 Å². The van der Waals surface area contributed by atoms with E-state index in [4.69, 9.17) is 9.47 Å². The first-order valence-corrected chi connectivity index (χ1v) is 12.3. The highest BCUT2D eigenvalue weighted by atomic mass is 79.9. The van der Waals surface area contributed by atoms with Crippen molar-refractivity contribution in [2.24, 2.45) is 0 Å². The van der Waals surface area contributed by atoms with Crippen molar-refractivity contribution >= 4 is 37.4 Å². The van der Waals surface area contributed by atoms with E-state index < -0.39 is 15.9 Å². The number of amides is 1. The molecule has 0 bridgehead atoms. The molecule has 0 aliphatic carbocycles. The Balaban J connectivity index is 1.47. The number of hydrogen-bond acceptors (Lipinski definition) is 6. The normalized spacial score (nSPS) is 23.3. The van der Waals surface area contributed by atoms with Crippen LogP contribution in [0.2, 0.25) is 0 Å². The van der Waals surface area contributed by atoms with Gasteiger partial charge in [0.25, 0.3) is 0 Å². The zero-order chi connectivity index (χ0) is 21.3. The van der Waals surface area contributed by atoms with E-state index in [0.717, 1.165) is 15.9 Å². The third kappa shape index (κ3) is 4.48. The van der Waals surface area contributed by atoms with Crippen LogP contribution in [-0.4, -0.2) is 69.6 Å². The quantitative estimate of drug-likeness (QED) is 0.613. The van der Waals surface area contributed by atoms with Gasteiger partial charge in [-0.05, 0) is 48.5 Å². The number of piperazine rings is 1. The molecule has 0 spiro atoms. The predicted octanol–water partition coefficient (Wildman–Crippen LogP) is 2.35. The van der Waals surface area contributed by atoms with E-state index in [0.29, 0.717) is 18.9 Å². The van der Waals surface area contributed by atoms with Crippen molar-refractivity contribution in [3.05, 3.63) is 53.0 Å². The van der Waals surface area contributed by atoms with E-state index in [9.17, 15) is 13.2 Å². The van der Waals surface area contributed by atoms with Crippen molar-refractivity contribution in [3.8, 4) is 11.5 Å². The number of rotatable bonds is 6. The first-order chi connectivity index (χ1) is 14.4. The third-order valence-electron chi connectivity index (χ3n) is 5.51. The Labute approximate surface area is 184 Å². The highest BCUT2D eigenvalue weighted by Crippen LogP contribution is 2.32. The Morgan fingerprint density at radius 2 is 1.63 bits per heavy atom. The molecule has 0 aromatic heterocycles. The second-order valence-electron chi connectivity index (χ2n) is 7.45. The molecule has 2 aromatic carbocycles. The van der Waals surface area contributed by atoms with E-state index >= 15 is 0 Å². The van der Waals surface area contributed by atoms with Crippen molar-refractivity contribution in [2.75, 3.05) is 43.2 Å². The summed E-state index contributed by atoms with van der Waals surface area (Å²) < 4.78 is 36.7. The molecule has 9 heteroatoms. The van der Waals surface area contributed by atoms with Gasteiger partial charge in [0.2, 0.25) is 5.91 Å². The number of nitrogens with zero attached hydrogens (tertiary/aromatic N) is 2. The topological polar surface area (TPSA) is 76.2 Å². The zero-order valence-electron chi connectivity index (χ0n) is 16.5. The average Bonchev–Trinajstić information content (AvgIpc) is 3.04. The van der Waals surface area contributed by atoms with Crippen LogP contribution in [0.3, 0.4) is 0 Å². The van der Waals surface area contributed by atoms with Gasteiger partial charge >= 0.3 is 0 Å². The molecule has 2 saturated heterocycles. The second-order valence-corrected chi connectivity index (χ2v) is 10.5. The minimum Gasteiger partial charge on any atom is -0.497 e. The summed E-state index contributed by atoms with van der Waals surface area (Å²) in [5.74, 6) is 1.39. The first kappa shape index (κ1) is 21.1. The number of halogens is 1. The number of anilines is 1. The highest BCUT2D eigenvalue weighted by molar-refractivity contribution is 9.10. The number of benzene rings is 2. The molecule has 0 radical (unpaired) electrons. The summed E-state index contributed by atoms with van der Waals surface area (Å²) in [6.45, 7) is 1.00. The molecule has 2 heterocycles. The molecule has 7 nitrogen and oxygen atoms in total. The van der Waals surface area contributed by atoms with Gasteiger partial charge in [0.1, 0.15) is 18.1 Å². The first-order valence-electron chi connectivity index (χ1n) is 9.65. The molecule has 2 aliphatic rings. The van der Waals surface area contributed by atoms with Crippen LogP contribution >= 0.6 is 15.9 Å². The number of fused-ring (bicyclic) bond motifs is 1. The van der Waals surface area contributed by atoms with Crippen molar-refractivity contribution in [1.82, 2.24) is 4.90 Å². The monoisotopic (exact) mass is 494 g/mol. The van der Waals surface area contributed by atoms with Gasteiger partial charge in [0.05, 0.1) is 31.2 Å². The number of carbonyl (C=O) groups is 1. The summed E-state index contributed by atoms with van der Waals surface area (Å²) >= 11 is 3.40. The number of ether oxygens (including phenoxy) is 2. The lowest BCUT2D eigenvalue weighted by Gasteiger charge is -2.43. The van der Waals surface area contributed by atoms with Gasteiger partial charge in [-0.15, -0.1) is 0 Å². The molecule has 160 valence electrons. The summed E-state index contributed by atoms with van der Waals surface area (Å²) in [6, 6.07) is 14.0. The van der Waals surface area contributed by atoms with E-state index in [1.54, 1.807) is 12.0 Å². The smallest absolute Gasteiger partial charge is 0.241 e. The average molecular weight is 495 g/mol. The van der Waals surface area contributed by atoms with Gasteiger partial charge in [0, 0.05) is 22.7 Å². The van der Waals surface area contributed by atoms with E-state index in [1.807, 2.05) is 53.4 Å². The fourth-order valence-electron chi connectivity index (χ4n) is 4.09. The number of sulfone groups is 1. The minimum atomic E-state index is -3.22. The lowest BCUT2D eigenvalue weighted by Crippen LogP contribution is -2.62. The van der Waals surface area contributed by atoms with Crippen LogP contribution in [0, 0.1) is 0 Å². The highest BCUT2D eigenvalue weighted by Gasteiger charge is 2.49. The zero-order valence-corrected chi connectivity index (χ0v) is 18.9. The predicted molar refractivity (Wildman–Crippen MR) is 118 cm³/mol. The van der Waals surface area contributed by atoms with Gasteiger partial charge in [-0.25, -0.2) is 8.42 Å². The van der Waals surface area contributed by atoms with Crippen LogP contribution in [-0.2, 0) is 14.6 Å². The third-order valence-corrected chi connectivity index (χ3v) is 7.74. The molecule has 30 heavy (non-hydrogen) atoms. The van der Waals surface area contributed by atoms with Crippen LogP contribution in [0.5, 0.6) is 11.5 Å². The summed E-state index contributed by atoms with van der Waals surface area (Å²) in [5.41, 5.74) is 0.726. The van der Waals surface area contributed by atoms with Crippen molar-refractivity contribution in [2.45, 2.75) is 12.1 Å². The van der Waals surface area contributed by atoms with Crippen LogP contribution in [0.25, 0.3) is 0 Å². The van der Waals surface area contributed by atoms with Crippen LogP contribution in [0.1, 0.15) is 0 Å². The Morgan fingerprint density at radius 1 is 1.00 bits per heavy atom. The summed E-state index contributed by atoms with van der Waals surface area (Å²) in [5, 5.41) is 0. The molecular formula is C21H23BrN2O5S. The van der Waals surface area contributed by atoms with Gasteiger partial charge in [0.15, 0.2) is 9.84 Å². The number of methoxy groups -OCH3 is 1. The van der Waals surface area contributed by atoms with E-state index in [2.05, 4.69) is 15.9 Å². The van der Waals surface area contributed by atoms with Gasteiger partial charge in [-0.1, -0.05) is 15.9 Å². The maximum atomic E-state index is 13.0. The molecule has 2 aliphatic heterocycles. The minimum absolute atomic E-state index is 0.0185. The molecule has 4 rings (SSSR count). The molecule has 1 amide bonds. The maximum absolute atomic E-state index is 13.0. The van der Waals surface area contributed by atoms with E-state index in [-0.39, 0.29) is 30.0 Å². The number of carbonyl (C=O) groups excluding carboxylic acids is 1. The summed E-state index contributed by atoms with van der Waals surface area (Å²) in [4.78, 5) is 16.6. The second kappa shape index (κ2) is 8.56. The molecule has 2 fully saturated rings. The maximum Gasteiger partial charge on any atom is 0.241 e. The summed E-state index contributed by atoms with van der Waals surface area (Å²) in [7, 11) is -1.61. The summed E-state index contributed by atoms with van der Waals surface area (Å²) in [6.07, 6.45) is 0. The Hall–Kier alpha value is -2.10. The lowest BCUT2D eigenvalue weighted by atomic mass is 10.0. The van der Waals surface area contributed by atoms with Crippen LogP contribution in [0.15, 0.2) is 53.0 Å². The van der Waals surface area contributed by atoms with Crippen molar-refractivity contribution in [1.29, 1.82) is 0 Å². The molecule has 0 unspecified atom stereocenters. The van der Waals surface area contributed by atoms with Crippen LogP contribution < -0.4 is 14.4 Å². The van der Waals surface area contributed by atoms with Gasteiger partial charge in [-0.3, -0.25) is 9.69 Å². The van der Waals surface area contributed by atoms with Crippen molar-refractivity contribution < 1.29 is 22.7 Å². The van der Waals surface area contributed by atoms with Crippen molar-refractivity contribution in [3.63, 3.8) is 0 Å². The lowest BCUT2D eigenvalue weighted by molar-refractivity contribution is -0.123. The Bertz CT molecular complexity index is 1010. The van der Waals surface area contributed by atoms with E-state index in [1.165, 1.54) is 0 Å². The SMILES string of the molecule is COc1ccc(OCCN2CC(=O)N(c3ccc(Br)cc3)[C@@H]3CS(=O)(=O)C[C@@H]32)cc1. The molecule has 2 aromatic rings. The number of hydrogen-bond donors (Lipinski definition) is 0. The molecule has 0 N–H and O–H groups in total. The van der Waals surface area contributed by atoms with Gasteiger partial charge in [-0.2, -0.15) is 0 Å². The van der Waals surface area contributed by atoms with Crippen LogP contribution in [0.4, 0.5) is 5.69 Å². The largest absolute Gasteiger partial charge is 0.497 e. The molecule has 0 saturated carbocycles. The fourth-order valence-corrected chi connectivity index (χ4v) is 6.34. The Kier molecular flexibility index (Phi) is 6.04. The fraction of sp³-hybridized carbons (Fsp3) is 0.381. The molecule has 2 atom stereocenters. The molecular weight excluding hydrogens is 472 g/mol. The Morgan fingerprint density at radius 3 is 2.30 bits per heavy atom. The standard InChI is InChI=1S/C21H23BrN2O5S/c1-28-17-6-8-18(9-7-17)29-11-10-23-12-21(25)24(16-4-2-15(22)3-5-16)20-14-30(26,27)13-19(20)23/h2-9,19-20H,10-14H2,1H3/t19-,20+/m0/s1.